The summed E-state index contributed by atoms with van der Waals surface area (Å²) in [5, 5.41) is 4.61. The van der Waals surface area contributed by atoms with Gasteiger partial charge in [-0.15, -0.1) is 0 Å². The highest BCUT2D eigenvalue weighted by atomic mass is 79.9. The van der Waals surface area contributed by atoms with E-state index in [1.54, 1.807) is 12.1 Å². The second-order valence-electron chi connectivity index (χ2n) is 6.17. The fourth-order valence-electron chi connectivity index (χ4n) is 1.64. The summed E-state index contributed by atoms with van der Waals surface area (Å²) in [4.78, 5) is 0. The molecule has 0 atom stereocenters. The van der Waals surface area contributed by atoms with Crippen LogP contribution in [0.4, 0.5) is 0 Å². The smallest absolute Gasteiger partial charge is 0.139 e. The van der Waals surface area contributed by atoms with Gasteiger partial charge in [-0.2, -0.15) is 0 Å². The lowest BCUT2D eigenvalue weighted by Crippen LogP contribution is -2.35. The molecular formula is C15H22BrCl2NO. The first-order valence-electron chi connectivity index (χ1n) is 6.69. The highest BCUT2D eigenvalue weighted by Crippen LogP contribution is 2.34. The minimum Gasteiger partial charge on any atom is -0.491 e. The Morgan fingerprint density at radius 3 is 2.50 bits per heavy atom. The van der Waals surface area contributed by atoms with Gasteiger partial charge in [-0.25, -0.2) is 0 Å². The summed E-state index contributed by atoms with van der Waals surface area (Å²) in [6, 6.07) is 3.49. The standard InChI is InChI=1S/C15H22BrCl2NO/c1-10(2)7-19-8-15(3,4)9-20-14-6-12(17)11(16)5-13(14)18/h5-6,10,19H,7-9H2,1-4H3. The third-order valence-electron chi connectivity index (χ3n) is 2.75. The van der Waals surface area contributed by atoms with Gasteiger partial charge in [0.1, 0.15) is 5.75 Å². The zero-order chi connectivity index (χ0) is 15.3. The second-order valence-corrected chi connectivity index (χ2v) is 7.84. The van der Waals surface area contributed by atoms with Crippen LogP contribution < -0.4 is 10.1 Å². The van der Waals surface area contributed by atoms with Crippen molar-refractivity contribution in [1.29, 1.82) is 0 Å². The van der Waals surface area contributed by atoms with E-state index in [0.717, 1.165) is 17.6 Å². The third kappa shape index (κ3) is 6.21. The molecule has 5 heteroatoms. The van der Waals surface area contributed by atoms with Crippen molar-refractivity contribution >= 4 is 39.1 Å². The maximum absolute atomic E-state index is 6.15. The molecule has 2 nitrogen and oxygen atoms in total. The Kier molecular flexibility index (Phi) is 7.13. The predicted octanol–water partition coefficient (Wildman–Crippen LogP) is 5.41. The molecule has 1 N–H and O–H groups in total. The quantitative estimate of drug-likeness (QED) is 0.636. The van der Waals surface area contributed by atoms with Crippen LogP contribution in [0, 0.1) is 11.3 Å². The van der Waals surface area contributed by atoms with Gasteiger partial charge in [-0.05, 0) is 34.5 Å². The van der Waals surface area contributed by atoms with E-state index in [9.17, 15) is 0 Å². The predicted molar refractivity (Wildman–Crippen MR) is 91.1 cm³/mol. The molecule has 0 amide bonds. The van der Waals surface area contributed by atoms with Crippen molar-refractivity contribution in [2.24, 2.45) is 11.3 Å². The lowest BCUT2D eigenvalue weighted by molar-refractivity contribution is 0.175. The van der Waals surface area contributed by atoms with Gasteiger partial charge in [-0.1, -0.05) is 50.9 Å². The Labute approximate surface area is 140 Å². The highest BCUT2D eigenvalue weighted by molar-refractivity contribution is 9.10. The summed E-state index contributed by atoms with van der Waals surface area (Å²) >= 11 is 15.5. The van der Waals surface area contributed by atoms with Crippen molar-refractivity contribution < 1.29 is 4.74 Å². The molecule has 0 unspecified atom stereocenters. The zero-order valence-corrected chi connectivity index (χ0v) is 15.5. The Balaban J connectivity index is 2.55. The van der Waals surface area contributed by atoms with Gasteiger partial charge in [0.2, 0.25) is 0 Å². The molecule has 0 saturated heterocycles. The molecule has 0 saturated carbocycles. The topological polar surface area (TPSA) is 21.3 Å². The fraction of sp³-hybridized carbons (Fsp3) is 0.600. The van der Waals surface area contributed by atoms with Crippen molar-refractivity contribution in [3.8, 4) is 5.75 Å². The van der Waals surface area contributed by atoms with Gasteiger partial charge in [0.15, 0.2) is 0 Å². The third-order valence-corrected chi connectivity index (χ3v) is 4.24. The maximum atomic E-state index is 6.15. The van der Waals surface area contributed by atoms with Crippen molar-refractivity contribution in [3.63, 3.8) is 0 Å². The van der Waals surface area contributed by atoms with E-state index in [1.807, 2.05) is 0 Å². The van der Waals surface area contributed by atoms with Crippen LogP contribution in [-0.2, 0) is 0 Å². The van der Waals surface area contributed by atoms with E-state index in [-0.39, 0.29) is 5.41 Å². The first-order valence-corrected chi connectivity index (χ1v) is 8.24. The Morgan fingerprint density at radius 1 is 1.25 bits per heavy atom. The number of hydrogen-bond donors (Lipinski definition) is 1. The zero-order valence-electron chi connectivity index (χ0n) is 12.4. The van der Waals surface area contributed by atoms with E-state index in [4.69, 9.17) is 27.9 Å². The van der Waals surface area contributed by atoms with Crippen LogP contribution in [0.3, 0.4) is 0 Å². The molecule has 0 heterocycles. The van der Waals surface area contributed by atoms with Crippen molar-refractivity contribution in [2.45, 2.75) is 27.7 Å². The molecule has 114 valence electrons. The summed E-state index contributed by atoms with van der Waals surface area (Å²) in [5.41, 5.74) is 0.0256. The van der Waals surface area contributed by atoms with Crippen molar-refractivity contribution in [3.05, 3.63) is 26.7 Å². The van der Waals surface area contributed by atoms with E-state index in [2.05, 4.69) is 48.9 Å². The molecule has 0 aliphatic rings. The first kappa shape index (κ1) is 18.1. The van der Waals surface area contributed by atoms with Crippen LogP contribution in [0.5, 0.6) is 5.75 Å². The highest BCUT2D eigenvalue weighted by Gasteiger charge is 2.19. The van der Waals surface area contributed by atoms with Crippen LogP contribution in [0.2, 0.25) is 10.0 Å². The van der Waals surface area contributed by atoms with Gasteiger partial charge in [0.25, 0.3) is 0 Å². The maximum Gasteiger partial charge on any atom is 0.139 e. The van der Waals surface area contributed by atoms with E-state index >= 15 is 0 Å². The van der Waals surface area contributed by atoms with Crippen LogP contribution in [-0.4, -0.2) is 19.7 Å². The number of hydrogen-bond acceptors (Lipinski definition) is 2. The molecule has 1 aromatic carbocycles. The molecular weight excluding hydrogens is 361 g/mol. The van der Waals surface area contributed by atoms with Gasteiger partial charge >= 0.3 is 0 Å². The SMILES string of the molecule is CC(C)CNCC(C)(C)COc1cc(Cl)c(Br)cc1Cl. The van der Waals surface area contributed by atoms with Crippen LogP contribution in [0.25, 0.3) is 0 Å². The van der Waals surface area contributed by atoms with Gasteiger partial charge < -0.3 is 10.1 Å². The van der Waals surface area contributed by atoms with E-state index in [1.165, 1.54) is 0 Å². The Bertz CT molecular complexity index is 450. The summed E-state index contributed by atoms with van der Waals surface area (Å²) < 4.78 is 6.59. The molecule has 0 fully saturated rings. The molecule has 1 rings (SSSR count). The van der Waals surface area contributed by atoms with Crippen molar-refractivity contribution in [2.75, 3.05) is 19.7 Å². The molecule has 0 aliphatic carbocycles. The molecule has 1 aromatic rings. The van der Waals surface area contributed by atoms with Crippen LogP contribution in [0.1, 0.15) is 27.7 Å². The van der Waals surface area contributed by atoms with Crippen molar-refractivity contribution in [1.82, 2.24) is 5.32 Å². The molecule has 0 spiro atoms. The summed E-state index contributed by atoms with van der Waals surface area (Å²) in [6.45, 7) is 11.2. The molecule has 20 heavy (non-hydrogen) atoms. The van der Waals surface area contributed by atoms with Crippen LogP contribution in [0.15, 0.2) is 16.6 Å². The molecule has 0 radical (unpaired) electrons. The largest absolute Gasteiger partial charge is 0.491 e. The summed E-state index contributed by atoms with van der Waals surface area (Å²) in [6.07, 6.45) is 0. The summed E-state index contributed by atoms with van der Waals surface area (Å²) in [7, 11) is 0. The van der Waals surface area contributed by atoms with E-state index in [0.29, 0.717) is 28.3 Å². The van der Waals surface area contributed by atoms with Gasteiger partial charge in [0.05, 0.1) is 16.7 Å². The number of rotatable bonds is 7. The van der Waals surface area contributed by atoms with Gasteiger partial charge in [-0.3, -0.25) is 0 Å². The monoisotopic (exact) mass is 381 g/mol. The second kappa shape index (κ2) is 7.88. The molecule has 0 aliphatic heterocycles. The van der Waals surface area contributed by atoms with E-state index < -0.39 is 0 Å². The normalized spacial score (nSPS) is 12.0. The average molecular weight is 383 g/mol. The molecule has 0 bridgehead atoms. The summed E-state index contributed by atoms with van der Waals surface area (Å²) in [5.74, 6) is 1.27. The first-order chi connectivity index (χ1) is 9.21. The minimum atomic E-state index is 0.0256. The lowest BCUT2D eigenvalue weighted by atomic mass is 9.94. The average Bonchev–Trinajstić information content (AvgIpc) is 2.31. The number of nitrogens with one attached hydrogen (secondary N) is 1. The number of halogens is 3. The Hall–Kier alpha value is 0.0400. The minimum absolute atomic E-state index is 0.0256. The fourth-order valence-corrected chi connectivity index (χ4v) is 2.49. The number of ether oxygens (including phenoxy) is 1. The van der Waals surface area contributed by atoms with Gasteiger partial charge in [0, 0.05) is 22.5 Å². The van der Waals surface area contributed by atoms with Crippen LogP contribution >= 0.6 is 39.1 Å². The number of benzene rings is 1. The molecule has 0 aromatic heterocycles. The lowest BCUT2D eigenvalue weighted by Gasteiger charge is -2.26. The Morgan fingerprint density at radius 2 is 1.90 bits per heavy atom.